The van der Waals surface area contributed by atoms with Gasteiger partial charge in [0.1, 0.15) is 66.9 Å². The van der Waals surface area contributed by atoms with Gasteiger partial charge in [0.15, 0.2) is 6.04 Å². The van der Waals surface area contributed by atoms with Gasteiger partial charge < -0.3 is 66.0 Å². The largest absolute Gasteiger partial charge is 0.487 e. The molecule has 4 bridgehead atoms. The summed E-state index contributed by atoms with van der Waals surface area (Å²) in [5.74, 6) is -10.7. The molecule has 1 spiro atoms. The van der Waals surface area contributed by atoms with E-state index in [1.165, 1.54) is 58.2 Å². The number of aliphatic hydroxyl groups excluding tert-OH is 2. The Morgan fingerprint density at radius 3 is 2.05 bits per heavy atom. The molecule has 7 amide bonds. The Balaban J connectivity index is 1.72. The van der Waals surface area contributed by atoms with Crippen LogP contribution in [0.15, 0.2) is 66.7 Å². The Morgan fingerprint density at radius 1 is 0.822 bits per heavy atom. The lowest BCUT2D eigenvalue weighted by molar-refractivity contribution is -0.160. The summed E-state index contributed by atoms with van der Waals surface area (Å²) in [7, 11) is 1.32. The van der Waals surface area contributed by atoms with Crippen LogP contribution < -0.4 is 36.6 Å². The average Bonchev–Trinajstić information content (AvgIpc) is 4.17. The Bertz CT molecular complexity index is 2360. The molecule has 1 unspecified atom stereocenters. The molecule has 0 aromatic heterocycles. The minimum atomic E-state index is -1.94. The highest BCUT2D eigenvalue weighted by Crippen LogP contribution is 2.35. The van der Waals surface area contributed by atoms with Crippen molar-refractivity contribution in [2.45, 2.75) is 134 Å². The number of hydrogen-bond acceptors (Lipinski definition) is 15. The van der Waals surface area contributed by atoms with Gasteiger partial charge in [0, 0.05) is 19.5 Å². The van der Waals surface area contributed by atoms with E-state index in [4.69, 9.17) is 18.9 Å². The number of rotatable bonds is 9. The summed E-state index contributed by atoms with van der Waals surface area (Å²) in [6.45, 7) is 10.8. The van der Waals surface area contributed by atoms with E-state index in [1.807, 2.05) is 0 Å². The molecule has 2 fully saturated rings. The van der Waals surface area contributed by atoms with Crippen LogP contribution in [0.4, 0.5) is 0 Å². The summed E-state index contributed by atoms with van der Waals surface area (Å²) < 4.78 is 23.0. The second kappa shape index (κ2) is 25.2. The molecule has 0 saturated carbocycles. The Kier molecular flexibility index (Phi) is 19.6. The number of aliphatic hydroxyl groups is 2. The molecule has 2 aromatic carbocycles. The molecule has 2 aromatic rings. The zero-order chi connectivity index (χ0) is 53.9. The molecule has 4 heterocycles. The van der Waals surface area contributed by atoms with Crippen LogP contribution in [0, 0.1) is 17.8 Å². The van der Waals surface area contributed by atoms with Gasteiger partial charge in [-0.25, -0.2) is 4.79 Å². The molecule has 0 aliphatic carbocycles. The van der Waals surface area contributed by atoms with Crippen LogP contribution in [0.3, 0.4) is 0 Å². The van der Waals surface area contributed by atoms with E-state index in [2.05, 4.69) is 31.9 Å². The predicted octanol–water partition coefficient (Wildman–Crippen LogP) is -0.356. The van der Waals surface area contributed by atoms with Crippen molar-refractivity contribution in [3.8, 4) is 5.75 Å². The second-order valence-corrected chi connectivity index (χ2v) is 19.2. The highest BCUT2D eigenvalue weighted by molar-refractivity contribution is 5.98. The zero-order valence-corrected chi connectivity index (χ0v) is 42.5. The molecule has 2 saturated heterocycles. The van der Waals surface area contributed by atoms with E-state index in [0.29, 0.717) is 17.7 Å². The lowest BCUT2D eigenvalue weighted by Crippen LogP contribution is -2.61. The topological polar surface area (TPSA) is 310 Å². The van der Waals surface area contributed by atoms with Crippen LogP contribution in [-0.2, 0) is 63.8 Å². The van der Waals surface area contributed by atoms with E-state index in [0.717, 1.165) is 11.0 Å². The number of benzene rings is 2. The van der Waals surface area contributed by atoms with Crippen LogP contribution >= 0.6 is 0 Å². The first-order valence-electron chi connectivity index (χ1n) is 24.4. The van der Waals surface area contributed by atoms with Gasteiger partial charge in [0.25, 0.3) is 0 Å². The molecular weight excluding hydrogens is 951 g/mol. The van der Waals surface area contributed by atoms with Crippen LogP contribution in [0.2, 0.25) is 0 Å². The minimum Gasteiger partial charge on any atom is -0.487 e. The van der Waals surface area contributed by atoms with Crippen molar-refractivity contribution in [2.24, 2.45) is 17.8 Å². The molecule has 4 aliphatic heterocycles. The van der Waals surface area contributed by atoms with Crippen molar-refractivity contribution in [1.82, 2.24) is 36.8 Å². The van der Waals surface area contributed by atoms with E-state index >= 15 is 4.79 Å². The molecular formula is C51H69N7O15. The first-order chi connectivity index (χ1) is 34.5. The Hall–Kier alpha value is -6.91. The fourth-order valence-corrected chi connectivity index (χ4v) is 8.15. The van der Waals surface area contributed by atoms with Gasteiger partial charge >= 0.3 is 11.9 Å². The minimum absolute atomic E-state index is 0.141. The third-order valence-corrected chi connectivity index (χ3v) is 13.4. The molecule has 22 heteroatoms. The zero-order valence-electron chi connectivity index (χ0n) is 42.5. The summed E-state index contributed by atoms with van der Waals surface area (Å²) in [6, 6.07) is 4.69. The second-order valence-electron chi connectivity index (χ2n) is 19.2. The fraction of sp³-hybridized carbons (Fsp3) is 0.549. The highest BCUT2D eigenvalue weighted by atomic mass is 16.6. The number of carbonyl (C=O) groups excluding carboxylic acids is 9. The standard InChI is InChI=1S/C51H69N7O15/c1-10-27(4)39-46(65)57-42-33-16-18-34(19-17-33)73-31(8)51(25-71-51)21-20-37(60)52-23-38(61)70-24-35(50(69)72-30(7)41(48(67)54-39)56-44(63)28(5)43(62)26(2)3)53-47(66)40(29(6)59)55-45(64)36(58(9)49(42)68)22-32-14-12-11-13-15-32/h11-21,26-31,35-36,39-43,59,62H,10,22-25H2,1-9H3,(H,52,60)(H,53,66)(H,54,67)(H,55,64)(H,56,63)(H,57,65)/b21-20+/t27-,28+,29+,30+,31+,35-,36-,39+,40+,41-,42?,43+,51-/m1/s1. The Morgan fingerprint density at radius 2 is 1.45 bits per heavy atom. The SMILES string of the molecule is CC[C@@H](C)[C@@H]1NC(=O)[C@H](NC(=O)[C@@H](C)[C@@H](O)C(C)C)[C@H](C)OC(=O)[C@H]2COC(=O)CNC(=O)/C=C/[C@@]3(CO3)[C@H](C)Oc3ccc(cc3)C(NC1=O)C(=O)N(C)[C@H](Cc1ccccc1)C(=O)N[C@@H]([C@H](C)O)C(=O)N2. The number of fused-ring (bicyclic) bond motifs is 9. The van der Waals surface area contributed by atoms with Crippen LogP contribution in [0.25, 0.3) is 0 Å². The van der Waals surface area contributed by atoms with Gasteiger partial charge in [0.2, 0.25) is 41.4 Å². The monoisotopic (exact) mass is 1020 g/mol. The first kappa shape index (κ1) is 57.0. The van der Waals surface area contributed by atoms with Crippen molar-refractivity contribution >= 4 is 53.3 Å². The molecule has 398 valence electrons. The van der Waals surface area contributed by atoms with Crippen LogP contribution in [0.5, 0.6) is 5.75 Å². The van der Waals surface area contributed by atoms with Gasteiger partial charge in [-0.3, -0.25) is 38.4 Å². The summed E-state index contributed by atoms with van der Waals surface area (Å²) >= 11 is 0. The van der Waals surface area contributed by atoms with Crippen molar-refractivity contribution in [3.05, 3.63) is 77.9 Å². The summed E-state index contributed by atoms with van der Waals surface area (Å²) in [5, 5.41) is 37.1. The fourth-order valence-electron chi connectivity index (χ4n) is 8.15. The molecule has 8 N–H and O–H groups in total. The molecule has 0 radical (unpaired) electrons. The number of carbonyl (C=O) groups is 9. The number of nitrogens with zero attached hydrogens (tertiary/aromatic N) is 1. The number of nitrogens with one attached hydrogen (secondary N) is 6. The van der Waals surface area contributed by atoms with Crippen molar-refractivity contribution in [3.63, 3.8) is 0 Å². The number of cyclic esters (lactones) is 1. The summed E-state index contributed by atoms with van der Waals surface area (Å²) in [4.78, 5) is 129. The third-order valence-electron chi connectivity index (χ3n) is 13.4. The van der Waals surface area contributed by atoms with Crippen molar-refractivity contribution < 1.29 is 72.3 Å². The highest BCUT2D eigenvalue weighted by Gasteiger charge is 2.49. The van der Waals surface area contributed by atoms with E-state index in [1.54, 1.807) is 65.0 Å². The van der Waals surface area contributed by atoms with E-state index in [9.17, 15) is 48.6 Å². The van der Waals surface area contributed by atoms with Crippen LogP contribution in [0.1, 0.15) is 79.0 Å². The predicted molar refractivity (Wildman–Crippen MR) is 260 cm³/mol. The van der Waals surface area contributed by atoms with E-state index in [-0.39, 0.29) is 18.6 Å². The molecule has 22 nitrogen and oxygen atoms in total. The molecule has 73 heavy (non-hydrogen) atoms. The normalized spacial score (nSPS) is 29.3. The number of hydrogen-bond donors (Lipinski definition) is 8. The van der Waals surface area contributed by atoms with Gasteiger partial charge in [-0.05, 0) is 61.9 Å². The molecule has 6 rings (SSSR count). The van der Waals surface area contributed by atoms with Crippen LogP contribution in [-0.4, -0.2) is 155 Å². The van der Waals surface area contributed by atoms with Gasteiger partial charge in [-0.15, -0.1) is 0 Å². The van der Waals surface area contributed by atoms with Gasteiger partial charge in [-0.2, -0.15) is 0 Å². The van der Waals surface area contributed by atoms with Crippen molar-refractivity contribution in [2.75, 3.05) is 26.8 Å². The first-order valence-corrected chi connectivity index (χ1v) is 24.4. The number of esters is 2. The smallest absolute Gasteiger partial charge is 0.332 e. The average molecular weight is 1020 g/mol. The lowest BCUT2D eigenvalue weighted by Gasteiger charge is -2.34. The number of epoxide rings is 1. The Labute approximate surface area is 424 Å². The third kappa shape index (κ3) is 14.8. The van der Waals surface area contributed by atoms with E-state index < -0.39 is 150 Å². The lowest BCUT2D eigenvalue weighted by atomic mass is 9.93. The quantitative estimate of drug-likeness (QED) is 0.118. The summed E-state index contributed by atoms with van der Waals surface area (Å²) in [5.41, 5.74) is -0.249. The maximum absolute atomic E-state index is 15.2. The summed E-state index contributed by atoms with van der Waals surface area (Å²) in [6.07, 6.45) is -2.39. The number of amides is 7. The maximum atomic E-state index is 15.2. The number of likely N-dealkylation sites (N-methyl/N-ethyl adjacent to an activating group) is 1. The number of ether oxygens (including phenoxy) is 4. The van der Waals surface area contributed by atoms with Crippen molar-refractivity contribution in [1.29, 1.82) is 0 Å². The van der Waals surface area contributed by atoms with Gasteiger partial charge in [0.05, 0.1) is 24.7 Å². The maximum Gasteiger partial charge on any atom is 0.332 e. The van der Waals surface area contributed by atoms with Gasteiger partial charge in [-0.1, -0.05) is 83.5 Å². The molecule has 13 atom stereocenters. The molecule has 4 aliphatic rings.